The number of allylic oxidation sites excluding steroid dienone is 2. The number of nitrogens with zero attached hydrogens (tertiary/aromatic N) is 2. The second-order valence-corrected chi connectivity index (χ2v) is 6.27. The zero-order chi connectivity index (χ0) is 18.4. The average Bonchev–Trinajstić information content (AvgIpc) is 3.05. The number of hydrogen-bond acceptors (Lipinski definition) is 2. The summed E-state index contributed by atoms with van der Waals surface area (Å²) in [5, 5.41) is 4.01. The molecule has 0 bridgehead atoms. The number of anilines is 1. The third-order valence-electron chi connectivity index (χ3n) is 4.32. The van der Waals surface area contributed by atoms with Gasteiger partial charge in [-0.25, -0.2) is 0 Å². The molecule has 0 aliphatic heterocycles. The summed E-state index contributed by atoms with van der Waals surface area (Å²) in [6.45, 7) is 3.82. The van der Waals surface area contributed by atoms with Gasteiger partial charge in [0.25, 0.3) is 0 Å². The van der Waals surface area contributed by atoms with Gasteiger partial charge in [-0.3, -0.25) is 9.78 Å². The first kappa shape index (κ1) is 17.7. The second kappa shape index (κ2) is 8.30. The van der Waals surface area contributed by atoms with Crippen molar-refractivity contribution >= 4 is 28.6 Å². The monoisotopic (exact) mass is 345 g/mol. The highest BCUT2D eigenvalue weighted by atomic mass is 16.1. The lowest BCUT2D eigenvalue weighted by atomic mass is 10.0. The van der Waals surface area contributed by atoms with Gasteiger partial charge >= 0.3 is 0 Å². The van der Waals surface area contributed by atoms with E-state index in [1.54, 1.807) is 6.20 Å². The van der Waals surface area contributed by atoms with Gasteiger partial charge in [0, 0.05) is 36.9 Å². The van der Waals surface area contributed by atoms with E-state index in [4.69, 9.17) is 0 Å². The van der Waals surface area contributed by atoms with Gasteiger partial charge in [0.2, 0.25) is 5.91 Å². The minimum absolute atomic E-state index is 0.00926. The second-order valence-electron chi connectivity index (χ2n) is 6.27. The Hall–Kier alpha value is -3.14. The van der Waals surface area contributed by atoms with E-state index in [-0.39, 0.29) is 5.91 Å². The minimum atomic E-state index is -0.00926. The first-order chi connectivity index (χ1) is 12.7. The van der Waals surface area contributed by atoms with Crippen LogP contribution in [0.5, 0.6) is 0 Å². The molecular formula is C22H23N3O. The number of carbonyl (C=O) groups excluding carboxylic acids is 1. The van der Waals surface area contributed by atoms with Crippen LogP contribution in [0.3, 0.4) is 0 Å². The molecule has 0 radical (unpaired) electrons. The Balaban J connectivity index is 1.68. The summed E-state index contributed by atoms with van der Waals surface area (Å²) < 4.78 is 2.06. The van der Waals surface area contributed by atoms with E-state index in [0.29, 0.717) is 12.8 Å². The number of rotatable bonds is 7. The zero-order valence-electron chi connectivity index (χ0n) is 15.0. The van der Waals surface area contributed by atoms with E-state index in [1.165, 1.54) is 5.57 Å². The zero-order valence-corrected chi connectivity index (χ0v) is 15.0. The number of para-hydroxylation sites is 1. The van der Waals surface area contributed by atoms with Crippen LogP contribution in [0.25, 0.3) is 17.0 Å². The quantitative estimate of drug-likeness (QED) is 0.616. The molecule has 0 aliphatic carbocycles. The van der Waals surface area contributed by atoms with Gasteiger partial charge in [-0.05, 0) is 43.2 Å². The lowest BCUT2D eigenvalue weighted by Crippen LogP contribution is -2.12. The fourth-order valence-corrected chi connectivity index (χ4v) is 2.94. The van der Waals surface area contributed by atoms with Gasteiger partial charge in [0.1, 0.15) is 0 Å². The summed E-state index contributed by atoms with van der Waals surface area (Å²) in [5.74, 6) is -0.00926. The van der Waals surface area contributed by atoms with Crippen LogP contribution in [-0.2, 0) is 11.8 Å². The van der Waals surface area contributed by atoms with Crippen molar-refractivity contribution in [3.63, 3.8) is 0 Å². The van der Waals surface area contributed by atoms with Crippen LogP contribution in [0.1, 0.15) is 25.0 Å². The predicted octanol–water partition coefficient (Wildman–Crippen LogP) is 4.95. The molecule has 4 nitrogen and oxygen atoms in total. The van der Waals surface area contributed by atoms with Gasteiger partial charge in [-0.1, -0.05) is 29.8 Å². The maximum atomic E-state index is 12.4. The van der Waals surface area contributed by atoms with Crippen molar-refractivity contribution in [2.24, 2.45) is 7.05 Å². The smallest absolute Gasteiger partial charge is 0.224 e. The number of benzene rings is 1. The van der Waals surface area contributed by atoms with Crippen molar-refractivity contribution in [1.82, 2.24) is 9.55 Å². The van der Waals surface area contributed by atoms with Gasteiger partial charge in [-0.2, -0.15) is 0 Å². The Kier molecular flexibility index (Phi) is 5.64. The maximum absolute atomic E-state index is 12.4. The van der Waals surface area contributed by atoms with Crippen LogP contribution in [0.4, 0.5) is 5.69 Å². The normalized spacial score (nSPS) is 11.5. The van der Waals surface area contributed by atoms with Crippen LogP contribution >= 0.6 is 0 Å². The molecular weight excluding hydrogens is 322 g/mol. The number of aryl methyl sites for hydroxylation is 1. The van der Waals surface area contributed by atoms with Crippen molar-refractivity contribution in [2.45, 2.75) is 19.3 Å². The van der Waals surface area contributed by atoms with Gasteiger partial charge in [0.15, 0.2) is 0 Å². The van der Waals surface area contributed by atoms with Crippen LogP contribution in [-0.4, -0.2) is 15.5 Å². The number of carbonyl (C=O) groups is 1. The molecule has 2 heterocycles. The molecule has 4 heteroatoms. The molecule has 1 aromatic carbocycles. The topological polar surface area (TPSA) is 46.9 Å². The van der Waals surface area contributed by atoms with E-state index in [0.717, 1.165) is 28.7 Å². The number of hydrogen-bond donors (Lipinski definition) is 1. The van der Waals surface area contributed by atoms with Crippen molar-refractivity contribution in [3.8, 4) is 0 Å². The highest BCUT2D eigenvalue weighted by Gasteiger charge is 2.08. The molecule has 2 aromatic heterocycles. The number of aromatic nitrogens is 2. The van der Waals surface area contributed by atoms with Crippen molar-refractivity contribution in [2.75, 3.05) is 5.32 Å². The number of pyridine rings is 1. The third kappa shape index (κ3) is 4.28. The molecule has 3 rings (SSSR count). The molecule has 26 heavy (non-hydrogen) atoms. The lowest BCUT2D eigenvalue weighted by molar-refractivity contribution is -0.116. The van der Waals surface area contributed by atoms with Crippen LogP contribution in [0.15, 0.2) is 73.1 Å². The van der Waals surface area contributed by atoms with E-state index >= 15 is 0 Å². The summed E-state index contributed by atoms with van der Waals surface area (Å²) in [7, 11) is 2.01. The van der Waals surface area contributed by atoms with E-state index in [1.807, 2.05) is 55.7 Å². The molecule has 0 atom stereocenters. The Morgan fingerprint density at radius 1 is 1.19 bits per heavy atom. The predicted molar refractivity (Wildman–Crippen MR) is 108 cm³/mol. The number of amides is 1. The molecule has 1 amide bonds. The first-order valence-electron chi connectivity index (χ1n) is 8.72. The lowest BCUT2D eigenvalue weighted by Gasteiger charge is -2.09. The highest BCUT2D eigenvalue weighted by molar-refractivity contribution is 6.00. The Bertz CT molecular complexity index is 947. The molecule has 0 saturated carbocycles. The molecule has 132 valence electrons. The number of nitrogens with one attached hydrogen (secondary N) is 1. The van der Waals surface area contributed by atoms with Gasteiger partial charge in [0.05, 0.1) is 11.2 Å². The molecule has 0 fully saturated rings. The Morgan fingerprint density at radius 3 is 2.81 bits per heavy atom. The fourth-order valence-electron chi connectivity index (χ4n) is 2.94. The summed E-state index contributed by atoms with van der Waals surface area (Å²) in [6.07, 6.45) is 9.65. The minimum Gasteiger partial charge on any atom is -0.351 e. The number of fused-ring (bicyclic) bond motifs is 1. The third-order valence-corrected chi connectivity index (χ3v) is 4.32. The molecule has 0 aliphatic rings. The molecule has 0 saturated heterocycles. The fraction of sp³-hybridized carbons (Fsp3) is 0.182. The summed E-state index contributed by atoms with van der Waals surface area (Å²) in [4.78, 5) is 16.8. The van der Waals surface area contributed by atoms with Gasteiger partial charge in [-0.15, -0.1) is 6.58 Å². The Labute approximate surface area is 153 Å². The average molecular weight is 345 g/mol. The summed E-state index contributed by atoms with van der Waals surface area (Å²) in [5.41, 5.74) is 3.88. The van der Waals surface area contributed by atoms with Crippen LogP contribution in [0.2, 0.25) is 0 Å². The SMILES string of the molecule is C=CC/C(=C/c1cccn1C)CCC(=O)Nc1cccc2cccnc12. The van der Waals surface area contributed by atoms with Crippen molar-refractivity contribution in [1.29, 1.82) is 0 Å². The Morgan fingerprint density at radius 2 is 2.04 bits per heavy atom. The molecule has 0 unspecified atom stereocenters. The van der Waals surface area contributed by atoms with Crippen LogP contribution < -0.4 is 5.32 Å². The highest BCUT2D eigenvalue weighted by Crippen LogP contribution is 2.22. The van der Waals surface area contributed by atoms with E-state index in [9.17, 15) is 4.79 Å². The summed E-state index contributed by atoms with van der Waals surface area (Å²) >= 11 is 0. The molecule has 3 aromatic rings. The maximum Gasteiger partial charge on any atom is 0.224 e. The molecule has 0 spiro atoms. The summed E-state index contributed by atoms with van der Waals surface area (Å²) in [6, 6.07) is 13.8. The van der Waals surface area contributed by atoms with Crippen molar-refractivity contribution in [3.05, 3.63) is 78.8 Å². The molecule has 1 N–H and O–H groups in total. The van der Waals surface area contributed by atoms with E-state index in [2.05, 4.69) is 33.6 Å². The van der Waals surface area contributed by atoms with Gasteiger partial charge < -0.3 is 9.88 Å². The van der Waals surface area contributed by atoms with Crippen LogP contribution in [0, 0.1) is 0 Å². The van der Waals surface area contributed by atoms with E-state index < -0.39 is 0 Å². The largest absolute Gasteiger partial charge is 0.351 e. The standard InChI is InChI=1S/C22H23N3O/c1-3-7-17(16-19-10-6-15-25(19)2)12-13-21(26)24-20-11-4-8-18-9-5-14-23-22(18)20/h3-6,8-11,14-16H,1,7,12-13H2,2H3,(H,24,26)/b17-16-. The van der Waals surface area contributed by atoms with Crippen molar-refractivity contribution < 1.29 is 4.79 Å². The first-order valence-corrected chi connectivity index (χ1v) is 8.72.